The number of hydrogen-bond donors (Lipinski definition) is 0. The van der Waals surface area contributed by atoms with Crippen LogP contribution >= 0.6 is 0 Å². The standard InChI is InChI=1S/C13H18FN/c14-13-7-3-2-6-12(13)8-11-15-9-4-1-5-10-15/h2-3,6-7H,1,4-5,8-11H2. The molecule has 15 heavy (non-hydrogen) atoms. The highest BCUT2D eigenvalue weighted by molar-refractivity contribution is 5.17. The predicted molar refractivity (Wildman–Crippen MR) is 60.4 cm³/mol. The van der Waals surface area contributed by atoms with Crippen molar-refractivity contribution in [3.8, 4) is 0 Å². The van der Waals surface area contributed by atoms with Crippen molar-refractivity contribution in [2.24, 2.45) is 0 Å². The van der Waals surface area contributed by atoms with Gasteiger partial charge < -0.3 is 4.90 Å². The molecular formula is C13H18FN. The second-order valence-electron chi connectivity index (χ2n) is 4.24. The quantitative estimate of drug-likeness (QED) is 0.736. The average molecular weight is 207 g/mol. The Bertz CT molecular complexity index is 305. The molecule has 1 saturated heterocycles. The zero-order chi connectivity index (χ0) is 10.5. The molecule has 2 heteroatoms. The minimum atomic E-state index is -0.0606. The van der Waals surface area contributed by atoms with Crippen molar-refractivity contribution in [2.45, 2.75) is 25.7 Å². The number of nitrogens with zero attached hydrogens (tertiary/aromatic N) is 1. The third-order valence-corrected chi connectivity index (χ3v) is 3.10. The number of hydrogen-bond acceptors (Lipinski definition) is 1. The number of benzene rings is 1. The van der Waals surface area contributed by atoms with Crippen molar-refractivity contribution in [1.29, 1.82) is 0 Å². The van der Waals surface area contributed by atoms with E-state index in [1.54, 1.807) is 12.1 Å². The van der Waals surface area contributed by atoms with E-state index in [0.717, 1.165) is 18.5 Å². The Morgan fingerprint density at radius 2 is 1.80 bits per heavy atom. The van der Waals surface area contributed by atoms with Gasteiger partial charge in [-0.05, 0) is 44.0 Å². The van der Waals surface area contributed by atoms with Crippen molar-refractivity contribution in [3.05, 3.63) is 35.6 Å². The fraction of sp³-hybridized carbons (Fsp3) is 0.538. The third-order valence-electron chi connectivity index (χ3n) is 3.10. The molecule has 0 unspecified atom stereocenters. The fourth-order valence-electron chi connectivity index (χ4n) is 2.16. The zero-order valence-electron chi connectivity index (χ0n) is 9.08. The van der Waals surface area contributed by atoms with E-state index in [2.05, 4.69) is 4.90 Å². The summed E-state index contributed by atoms with van der Waals surface area (Å²) in [5.41, 5.74) is 0.850. The van der Waals surface area contributed by atoms with Gasteiger partial charge >= 0.3 is 0 Å². The first-order chi connectivity index (χ1) is 7.36. The van der Waals surface area contributed by atoms with Crippen LogP contribution in [0.3, 0.4) is 0 Å². The van der Waals surface area contributed by atoms with E-state index in [1.807, 2.05) is 12.1 Å². The molecule has 0 radical (unpaired) electrons. The Labute approximate surface area is 90.9 Å². The molecule has 0 bridgehead atoms. The van der Waals surface area contributed by atoms with Gasteiger partial charge in [0.15, 0.2) is 0 Å². The van der Waals surface area contributed by atoms with Crippen LogP contribution in [0.5, 0.6) is 0 Å². The Balaban J connectivity index is 1.84. The summed E-state index contributed by atoms with van der Waals surface area (Å²) in [5, 5.41) is 0. The van der Waals surface area contributed by atoms with E-state index in [9.17, 15) is 4.39 Å². The minimum absolute atomic E-state index is 0.0606. The molecule has 1 aliphatic rings. The first-order valence-electron chi connectivity index (χ1n) is 5.82. The highest BCUT2D eigenvalue weighted by Crippen LogP contribution is 2.11. The molecule has 0 atom stereocenters. The van der Waals surface area contributed by atoms with Gasteiger partial charge in [-0.1, -0.05) is 24.6 Å². The molecule has 1 aromatic carbocycles. The van der Waals surface area contributed by atoms with Crippen molar-refractivity contribution in [1.82, 2.24) is 4.90 Å². The molecule has 1 nitrogen and oxygen atoms in total. The smallest absolute Gasteiger partial charge is 0.126 e. The van der Waals surface area contributed by atoms with Gasteiger partial charge in [0, 0.05) is 6.54 Å². The average Bonchev–Trinajstić information content (AvgIpc) is 2.29. The number of piperidine rings is 1. The normalized spacial score (nSPS) is 17.9. The summed E-state index contributed by atoms with van der Waals surface area (Å²) < 4.78 is 13.3. The van der Waals surface area contributed by atoms with E-state index in [1.165, 1.54) is 32.4 Å². The van der Waals surface area contributed by atoms with Crippen LogP contribution in [0, 0.1) is 5.82 Å². The Kier molecular flexibility index (Phi) is 3.73. The molecule has 0 aromatic heterocycles. The predicted octanol–water partition coefficient (Wildman–Crippen LogP) is 2.85. The van der Waals surface area contributed by atoms with Gasteiger partial charge in [0.05, 0.1) is 0 Å². The highest BCUT2D eigenvalue weighted by Gasteiger charge is 2.10. The number of halogens is 1. The van der Waals surface area contributed by atoms with Crippen LogP contribution in [0.25, 0.3) is 0 Å². The number of likely N-dealkylation sites (tertiary alicyclic amines) is 1. The van der Waals surface area contributed by atoms with E-state index in [-0.39, 0.29) is 5.82 Å². The summed E-state index contributed by atoms with van der Waals surface area (Å²) in [6.45, 7) is 3.38. The molecule has 1 heterocycles. The summed E-state index contributed by atoms with van der Waals surface area (Å²) in [4.78, 5) is 2.44. The van der Waals surface area contributed by atoms with Gasteiger partial charge in [0.1, 0.15) is 5.82 Å². The molecule has 1 fully saturated rings. The Morgan fingerprint density at radius 1 is 1.07 bits per heavy atom. The molecule has 1 aliphatic heterocycles. The largest absolute Gasteiger partial charge is 0.303 e. The lowest BCUT2D eigenvalue weighted by Gasteiger charge is -2.26. The molecule has 0 aliphatic carbocycles. The van der Waals surface area contributed by atoms with Crippen LogP contribution in [0.1, 0.15) is 24.8 Å². The Hall–Kier alpha value is -0.890. The molecule has 2 rings (SSSR count). The van der Waals surface area contributed by atoms with Crippen molar-refractivity contribution < 1.29 is 4.39 Å². The maximum atomic E-state index is 13.3. The molecule has 0 N–H and O–H groups in total. The fourth-order valence-corrected chi connectivity index (χ4v) is 2.16. The molecule has 0 amide bonds. The van der Waals surface area contributed by atoms with Gasteiger partial charge in [-0.15, -0.1) is 0 Å². The van der Waals surface area contributed by atoms with E-state index < -0.39 is 0 Å². The van der Waals surface area contributed by atoms with Gasteiger partial charge in [-0.25, -0.2) is 4.39 Å². The minimum Gasteiger partial charge on any atom is -0.303 e. The number of rotatable bonds is 3. The highest BCUT2D eigenvalue weighted by atomic mass is 19.1. The lowest BCUT2D eigenvalue weighted by molar-refractivity contribution is 0.231. The summed E-state index contributed by atoms with van der Waals surface area (Å²) in [7, 11) is 0. The maximum absolute atomic E-state index is 13.3. The van der Waals surface area contributed by atoms with Gasteiger partial charge in [0.25, 0.3) is 0 Å². The van der Waals surface area contributed by atoms with E-state index >= 15 is 0 Å². The lowest BCUT2D eigenvalue weighted by Crippen LogP contribution is -2.31. The van der Waals surface area contributed by atoms with Crippen molar-refractivity contribution >= 4 is 0 Å². The molecule has 82 valence electrons. The molecule has 0 spiro atoms. The second-order valence-corrected chi connectivity index (χ2v) is 4.24. The van der Waals surface area contributed by atoms with E-state index in [4.69, 9.17) is 0 Å². The molecule has 1 aromatic rings. The Morgan fingerprint density at radius 3 is 2.53 bits per heavy atom. The summed E-state index contributed by atoms with van der Waals surface area (Å²) in [6.07, 6.45) is 4.80. The van der Waals surface area contributed by atoms with Gasteiger partial charge in [-0.2, -0.15) is 0 Å². The van der Waals surface area contributed by atoms with Crippen molar-refractivity contribution in [3.63, 3.8) is 0 Å². The SMILES string of the molecule is Fc1ccccc1CCN1CCCCC1. The van der Waals surface area contributed by atoms with Crippen LogP contribution in [0.4, 0.5) is 4.39 Å². The second kappa shape index (κ2) is 5.26. The van der Waals surface area contributed by atoms with Crippen molar-refractivity contribution in [2.75, 3.05) is 19.6 Å². The summed E-state index contributed by atoms with van der Waals surface area (Å²) >= 11 is 0. The molecular weight excluding hydrogens is 189 g/mol. The van der Waals surface area contributed by atoms with Crippen LogP contribution in [0.15, 0.2) is 24.3 Å². The van der Waals surface area contributed by atoms with Crippen LogP contribution in [0.2, 0.25) is 0 Å². The first-order valence-corrected chi connectivity index (χ1v) is 5.82. The third kappa shape index (κ3) is 3.03. The maximum Gasteiger partial charge on any atom is 0.126 e. The molecule has 0 saturated carbocycles. The summed E-state index contributed by atoms with van der Waals surface area (Å²) in [6, 6.07) is 7.10. The zero-order valence-corrected chi connectivity index (χ0v) is 9.08. The van der Waals surface area contributed by atoms with Crippen LogP contribution in [-0.2, 0) is 6.42 Å². The first kappa shape index (κ1) is 10.6. The summed E-state index contributed by atoms with van der Waals surface area (Å²) in [5.74, 6) is -0.0606. The monoisotopic (exact) mass is 207 g/mol. The topological polar surface area (TPSA) is 3.24 Å². The van der Waals surface area contributed by atoms with Crippen LogP contribution < -0.4 is 0 Å². The van der Waals surface area contributed by atoms with Crippen LogP contribution in [-0.4, -0.2) is 24.5 Å². The van der Waals surface area contributed by atoms with E-state index in [0.29, 0.717) is 0 Å². The van der Waals surface area contributed by atoms with Gasteiger partial charge in [-0.3, -0.25) is 0 Å². The van der Waals surface area contributed by atoms with Gasteiger partial charge in [0.2, 0.25) is 0 Å². The lowest BCUT2D eigenvalue weighted by atomic mass is 10.1.